The summed E-state index contributed by atoms with van der Waals surface area (Å²) >= 11 is 3.58. The van der Waals surface area contributed by atoms with Crippen molar-refractivity contribution in [2.45, 2.75) is 26.3 Å². The van der Waals surface area contributed by atoms with Gasteiger partial charge < -0.3 is 5.73 Å². The molecule has 15 heavy (non-hydrogen) atoms. The van der Waals surface area contributed by atoms with E-state index in [9.17, 15) is 0 Å². The molecule has 0 saturated heterocycles. The molecule has 0 aliphatic rings. The van der Waals surface area contributed by atoms with Crippen LogP contribution in [0.1, 0.15) is 31.0 Å². The van der Waals surface area contributed by atoms with Gasteiger partial charge in [0.2, 0.25) is 0 Å². The molecule has 0 aromatic carbocycles. The zero-order chi connectivity index (χ0) is 11.0. The van der Waals surface area contributed by atoms with E-state index in [4.69, 9.17) is 5.73 Å². The average Bonchev–Trinajstić information content (AvgIpc) is 2.56. The van der Waals surface area contributed by atoms with Crippen molar-refractivity contribution in [3.8, 4) is 0 Å². The maximum absolute atomic E-state index is 5.61. The molecule has 0 aliphatic heterocycles. The molecule has 80 valence electrons. The summed E-state index contributed by atoms with van der Waals surface area (Å²) in [5.41, 5.74) is 8.76. The van der Waals surface area contributed by atoms with Crippen LogP contribution in [0, 0.1) is 0 Å². The molecule has 0 amide bonds. The maximum Gasteiger partial charge on any atom is 0.137 e. The van der Waals surface area contributed by atoms with Gasteiger partial charge in [-0.05, 0) is 33.5 Å². The van der Waals surface area contributed by atoms with Crippen LogP contribution in [0.25, 0.3) is 5.65 Å². The molecule has 2 heterocycles. The van der Waals surface area contributed by atoms with Gasteiger partial charge in [0.25, 0.3) is 0 Å². The van der Waals surface area contributed by atoms with Crippen LogP contribution >= 0.6 is 15.9 Å². The molecule has 0 radical (unpaired) electrons. The Balaban J connectivity index is 2.66. The molecule has 2 N–H and O–H groups in total. The summed E-state index contributed by atoms with van der Waals surface area (Å²) < 4.78 is 3.07. The quantitative estimate of drug-likeness (QED) is 0.909. The van der Waals surface area contributed by atoms with Gasteiger partial charge in [-0.1, -0.05) is 19.9 Å². The van der Waals surface area contributed by atoms with Crippen LogP contribution in [0.2, 0.25) is 0 Å². The Kier molecular flexibility index (Phi) is 2.80. The highest BCUT2D eigenvalue weighted by Crippen LogP contribution is 2.25. The summed E-state index contributed by atoms with van der Waals surface area (Å²) in [4.78, 5) is 4.56. The molecule has 0 spiro atoms. The molecule has 0 bridgehead atoms. The van der Waals surface area contributed by atoms with E-state index < -0.39 is 0 Å². The summed E-state index contributed by atoms with van der Waals surface area (Å²) in [6.07, 6.45) is 2.03. The van der Waals surface area contributed by atoms with Crippen LogP contribution in [-0.2, 0) is 6.54 Å². The van der Waals surface area contributed by atoms with Gasteiger partial charge in [0.05, 0.1) is 5.69 Å². The number of imidazole rings is 1. The third-order valence-corrected chi connectivity index (χ3v) is 3.22. The fraction of sp³-hybridized carbons (Fsp3) is 0.364. The Labute approximate surface area is 97.4 Å². The number of aromatic nitrogens is 2. The van der Waals surface area contributed by atoms with Crippen molar-refractivity contribution in [2.75, 3.05) is 0 Å². The lowest BCUT2D eigenvalue weighted by atomic mass is 10.2. The fourth-order valence-electron chi connectivity index (χ4n) is 1.57. The first-order valence-corrected chi connectivity index (χ1v) is 5.79. The van der Waals surface area contributed by atoms with E-state index in [0.717, 1.165) is 21.5 Å². The summed E-state index contributed by atoms with van der Waals surface area (Å²) in [5.74, 6) is 0.417. The molecule has 0 atom stereocenters. The molecule has 0 saturated carbocycles. The van der Waals surface area contributed by atoms with Crippen LogP contribution in [0.3, 0.4) is 0 Å². The fourth-order valence-corrected chi connectivity index (χ4v) is 2.40. The minimum atomic E-state index is 0.417. The SMILES string of the molecule is CC(C)c1nc2ccc(CN)cn2c1Br. The molecule has 4 heteroatoms. The van der Waals surface area contributed by atoms with Crippen molar-refractivity contribution < 1.29 is 0 Å². The van der Waals surface area contributed by atoms with E-state index in [-0.39, 0.29) is 0 Å². The first kappa shape index (κ1) is 10.6. The smallest absolute Gasteiger partial charge is 0.137 e. The standard InChI is InChI=1S/C11H14BrN3/c1-7(2)10-11(12)15-6-8(5-13)3-4-9(15)14-10/h3-4,6-7H,5,13H2,1-2H3. The van der Waals surface area contributed by atoms with E-state index in [1.165, 1.54) is 0 Å². The van der Waals surface area contributed by atoms with Gasteiger partial charge in [-0.3, -0.25) is 4.40 Å². The van der Waals surface area contributed by atoms with Crippen molar-refractivity contribution in [1.29, 1.82) is 0 Å². The second kappa shape index (κ2) is 3.94. The minimum absolute atomic E-state index is 0.417. The highest BCUT2D eigenvalue weighted by Gasteiger charge is 2.12. The third-order valence-electron chi connectivity index (χ3n) is 2.43. The predicted molar refractivity (Wildman–Crippen MR) is 64.9 cm³/mol. The van der Waals surface area contributed by atoms with Crippen LogP contribution in [0.5, 0.6) is 0 Å². The highest BCUT2D eigenvalue weighted by atomic mass is 79.9. The van der Waals surface area contributed by atoms with Crippen molar-refractivity contribution in [1.82, 2.24) is 9.38 Å². The topological polar surface area (TPSA) is 43.3 Å². The third kappa shape index (κ3) is 1.79. The lowest BCUT2D eigenvalue weighted by molar-refractivity contribution is 0.826. The molecular weight excluding hydrogens is 254 g/mol. The number of nitrogens with zero attached hydrogens (tertiary/aromatic N) is 2. The van der Waals surface area contributed by atoms with Gasteiger partial charge in [-0.25, -0.2) is 4.98 Å². The van der Waals surface area contributed by atoms with Crippen LogP contribution < -0.4 is 5.73 Å². The van der Waals surface area contributed by atoms with E-state index in [2.05, 4.69) is 34.8 Å². The van der Waals surface area contributed by atoms with Gasteiger partial charge in [0.15, 0.2) is 0 Å². The minimum Gasteiger partial charge on any atom is -0.326 e. The van der Waals surface area contributed by atoms with Crippen molar-refractivity contribution in [3.05, 3.63) is 34.2 Å². The first-order valence-electron chi connectivity index (χ1n) is 5.00. The molecule has 2 aromatic heterocycles. The van der Waals surface area contributed by atoms with Crippen LogP contribution in [-0.4, -0.2) is 9.38 Å². The lowest BCUT2D eigenvalue weighted by Crippen LogP contribution is -1.98. The number of rotatable bonds is 2. The Morgan fingerprint density at radius 1 is 1.47 bits per heavy atom. The van der Waals surface area contributed by atoms with Crippen molar-refractivity contribution in [3.63, 3.8) is 0 Å². The lowest BCUT2D eigenvalue weighted by Gasteiger charge is -2.01. The van der Waals surface area contributed by atoms with Gasteiger partial charge in [-0.2, -0.15) is 0 Å². The molecule has 0 unspecified atom stereocenters. The zero-order valence-corrected chi connectivity index (χ0v) is 10.5. The Bertz CT molecular complexity index is 488. The summed E-state index contributed by atoms with van der Waals surface area (Å²) in [6, 6.07) is 4.01. The molecule has 3 nitrogen and oxygen atoms in total. The Morgan fingerprint density at radius 2 is 2.20 bits per heavy atom. The predicted octanol–water partition coefficient (Wildman–Crippen LogP) is 2.68. The van der Waals surface area contributed by atoms with E-state index in [1.807, 2.05) is 22.7 Å². The van der Waals surface area contributed by atoms with Gasteiger partial charge in [0, 0.05) is 12.7 Å². The van der Waals surface area contributed by atoms with Crippen molar-refractivity contribution in [2.24, 2.45) is 5.73 Å². The van der Waals surface area contributed by atoms with E-state index >= 15 is 0 Å². The van der Waals surface area contributed by atoms with E-state index in [0.29, 0.717) is 12.5 Å². The average molecular weight is 268 g/mol. The summed E-state index contributed by atoms with van der Waals surface area (Å²) in [7, 11) is 0. The number of nitrogens with two attached hydrogens (primary N) is 1. The van der Waals surface area contributed by atoms with Gasteiger partial charge in [-0.15, -0.1) is 0 Å². The molecule has 2 aromatic rings. The van der Waals surface area contributed by atoms with Crippen molar-refractivity contribution >= 4 is 21.6 Å². The molecule has 0 aliphatic carbocycles. The van der Waals surface area contributed by atoms with Crippen LogP contribution in [0.15, 0.2) is 22.9 Å². The number of pyridine rings is 1. The van der Waals surface area contributed by atoms with Gasteiger partial charge >= 0.3 is 0 Å². The second-order valence-electron chi connectivity index (χ2n) is 3.91. The van der Waals surface area contributed by atoms with Gasteiger partial charge in [0.1, 0.15) is 10.3 Å². The highest BCUT2D eigenvalue weighted by molar-refractivity contribution is 9.10. The summed E-state index contributed by atoms with van der Waals surface area (Å²) in [6.45, 7) is 4.82. The largest absolute Gasteiger partial charge is 0.326 e. The zero-order valence-electron chi connectivity index (χ0n) is 8.87. The maximum atomic E-state index is 5.61. The van der Waals surface area contributed by atoms with Crippen LogP contribution in [0.4, 0.5) is 0 Å². The second-order valence-corrected chi connectivity index (χ2v) is 4.66. The molecule has 0 fully saturated rings. The number of fused-ring (bicyclic) bond motifs is 1. The molecular formula is C11H14BrN3. The molecule has 2 rings (SSSR count). The normalized spacial score (nSPS) is 11.5. The Hall–Kier alpha value is -0.870. The van der Waals surface area contributed by atoms with E-state index in [1.54, 1.807) is 0 Å². The monoisotopic (exact) mass is 267 g/mol. The Morgan fingerprint density at radius 3 is 2.80 bits per heavy atom. The number of hydrogen-bond donors (Lipinski definition) is 1. The number of halogens is 1. The summed E-state index contributed by atoms with van der Waals surface area (Å²) in [5, 5.41) is 0. The first-order chi connectivity index (χ1) is 7.13. The number of hydrogen-bond acceptors (Lipinski definition) is 2.